The van der Waals surface area contributed by atoms with Crippen molar-refractivity contribution in [1.82, 2.24) is 0 Å². The van der Waals surface area contributed by atoms with Crippen molar-refractivity contribution in [1.29, 1.82) is 0 Å². The highest BCUT2D eigenvalue weighted by atomic mass is 32.2. The van der Waals surface area contributed by atoms with Crippen LogP contribution in [0.1, 0.15) is 38.3 Å². The molecule has 1 aromatic heterocycles. The quantitative estimate of drug-likeness (QED) is 0.625. The third kappa shape index (κ3) is 2.77. The van der Waals surface area contributed by atoms with E-state index < -0.39 is 11.1 Å². The second-order valence-electron chi connectivity index (χ2n) is 5.63. The average molecular weight is 280 g/mol. The van der Waals surface area contributed by atoms with Gasteiger partial charge >= 0.3 is 5.82 Å². The Kier molecular flexibility index (Phi) is 3.87. The van der Waals surface area contributed by atoms with Crippen molar-refractivity contribution in [2.45, 2.75) is 46.1 Å². The second kappa shape index (κ2) is 5.13. The molecule has 0 saturated carbocycles. The van der Waals surface area contributed by atoms with Crippen molar-refractivity contribution in [3.05, 3.63) is 23.4 Å². The van der Waals surface area contributed by atoms with Crippen molar-refractivity contribution >= 4 is 22.6 Å². The molecule has 0 N–H and O–H groups in total. The van der Waals surface area contributed by atoms with Gasteiger partial charge in [0.1, 0.15) is 5.71 Å². The zero-order chi connectivity index (χ0) is 14.2. The first-order valence-electron chi connectivity index (χ1n) is 6.48. The fourth-order valence-electron chi connectivity index (χ4n) is 2.39. The number of nitrogens with zero attached hydrogens (tertiary/aromatic N) is 2. The minimum Gasteiger partial charge on any atom is -0.772 e. The summed E-state index contributed by atoms with van der Waals surface area (Å²) < 4.78 is 23.3. The fraction of sp³-hybridized carbons (Fsp3) is 0.571. The molecule has 1 aliphatic heterocycles. The maximum absolute atomic E-state index is 10.6. The van der Waals surface area contributed by atoms with E-state index >= 15 is 0 Å². The Hall–Kier alpha value is -1.07. The number of aromatic nitrogens is 1. The van der Waals surface area contributed by atoms with Gasteiger partial charge in [0.05, 0.1) is 23.7 Å². The standard InChI is InChI=1S/C14H20N2O2S/c1-10-8-12-13(15-11(2)14(12,3)4)16(9-10)6-5-7-19(17)18/h8-9H,5-7H2,1-4H3. The molecular formula is C14H20N2O2S. The first-order chi connectivity index (χ1) is 8.82. The van der Waals surface area contributed by atoms with Gasteiger partial charge in [-0.05, 0) is 50.7 Å². The number of aliphatic imine (C=N–C) groups is 1. The molecule has 1 aliphatic rings. The van der Waals surface area contributed by atoms with Crippen LogP contribution in [-0.4, -0.2) is 20.2 Å². The number of hydrogen-bond acceptors (Lipinski definition) is 3. The van der Waals surface area contributed by atoms with Crippen LogP contribution in [0.5, 0.6) is 0 Å². The molecule has 104 valence electrons. The Morgan fingerprint density at radius 2 is 2.11 bits per heavy atom. The van der Waals surface area contributed by atoms with Gasteiger partial charge in [-0.3, -0.25) is 4.21 Å². The molecule has 5 heteroatoms. The van der Waals surface area contributed by atoms with E-state index in [4.69, 9.17) is 0 Å². The van der Waals surface area contributed by atoms with Crippen LogP contribution in [0.25, 0.3) is 0 Å². The lowest BCUT2D eigenvalue weighted by Gasteiger charge is -2.16. The molecule has 0 fully saturated rings. The summed E-state index contributed by atoms with van der Waals surface area (Å²) in [6.07, 6.45) is 2.66. The highest BCUT2D eigenvalue weighted by Crippen LogP contribution is 2.37. The number of fused-ring (bicyclic) bond motifs is 1. The van der Waals surface area contributed by atoms with E-state index in [0.29, 0.717) is 13.0 Å². The number of hydrogen-bond donors (Lipinski definition) is 0. The van der Waals surface area contributed by atoms with Crippen LogP contribution in [0.4, 0.5) is 5.82 Å². The predicted octanol–water partition coefficient (Wildman–Crippen LogP) is 1.94. The van der Waals surface area contributed by atoms with Gasteiger partial charge < -0.3 is 4.55 Å². The maximum atomic E-state index is 10.6. The average Bonchev–Trinajstić information content (AvgIpc) is 2.51. The minimum atomic E-state index is -1.96. The van der Waals surface area contributed by atoms with Crippen molar-refractivity contribution in [3.8, 4) is 0 Å². The van der Waals surface area contributed by atoms with Gasteiger partial charge in [0.25, 0.3) is 0 Å². The van der Waals surface area contributed by atoms with E-state index in [-0.39, 0.29) is 11.2 Å². The molecule has 0 amide bonds. The second-order valence-corrected chi connectivity index (χ2v) is 6.65. The Balaban J connectivity index is 2.34. The molecule has 19 heavy (non-hydrogen) atoms. The summed E-state index contributed by atoms with van der Waals surface area (Å²) in [6, 6.07) is 2.18. The molecule has 4 nitrogen and oxygen atoms in total. The molecule has 0 radical (unpaired) electrons. The Morgan fingerprint density at radius 1 is 1.42 bits per heavy atom. The summed E-state index contributed by atoms with van der Waals surface area (Å²) in [5.74, 6) is 1.17. The van der Waals surface area contributed by atoms with Crippen molar-refractivity contribution < 1.29 is 13.3 Å². The van der Waals surface area contributed by atoms with Crippen LogP contribution < -0.4 is 4.57 Å². The number of pyridine rings is 1. The predicted molar refractivity (Wildman–Crippen MR) is 75.6 cm³/mol. The van der Waals surface area contributed by atoms with E-state index in [2.05, 4.69) is 36.4 Å². The number of aryl methyl sites for hydroxylation is 2. The summed E-state index contributed by atoms with van der Waals surface area (Å²) in [5.41, 5.74) is 3.48. The number of rotatable bonds is 4. The molecule has 2 rings (SSSR count). The lowest BCUT2D eigenvalue weighted by molar-refractivity contribution is -0.684. The third-order valence-corrected chi connectivity index (χ3v) is 4.43. The van der Waals surface area contributed by atoms with Crippen LogP contribution in [0.3, 0.4) is 0 Å². The summed E-state index contributed by atoms with van der Waals surface area (Å²) in [5, 5.41) is 0. The van der Waals surface area contributed by atoms with E-state index in [1.165, 1.54) is 11.1 Å². The molecule has 0 saturated heterocycles. The minimum absolute atomic E-state index is 0.0372. The smallest absolute Gasteiger partial charge is 0.327 e. The molecular weight excluding hydrogens is 260 g/mol. The first-order valence-corrected chi connectivity index (χ1v) is 7.73. The third-order valence-electron chi connectivity index (χ3n) is 3.81. The summed E-state index contributed by atoms with van der Waals surface area (Å²) in [6.45, 7) is 9.14. The van der Waals surface area contributed by atoms with Gasteiger partial charge in [0.2, 0.25) is 0 Å². The molecule has 0 spiro atoms. The zero-order valence-corrected chi connectivity index (χ0v) is 12.7. The fourth-order valence-corrected chi connectivity index (χ4v) is 2.76. The Morgan fingerprint density at radius 3 is 2.74 bits per heavy atom. The molecule has 0 bridgehead atoms. The van der Waals surface area contributed by atoms with Crippen molar-refractivity contribution in [2.75, 3.05) is 5.75 Å². The highest BCUT2D eigenvalue weighted by Gasteiger charge is 2.40. The Labute approximate surface area is 116 Å². The first kappa shape index (κ1) is 14.3. The van der Waals surface area contributed by atoms with Crippen LogP contribution in [0.15, 0.2) is 17.3 Å². The van der Waals surface area contributed by atoms with E-state index in [0.717, 1.165) is 11.5 Å². The summed E-state index contributed by atoms with van der Waals surface area (Å²) in [4.78, 5) is 4.67. The molecule has 1 atom stereocenters. The van der Waals surface area contributed by atoms with Crippen LogP contribution in [-0.2, 0) is 23.0 Å². The van der Waals surface area contributed by atoms with Crippen LogP contribution in [0.2, 0.25) is 0 Å². The molecule has 0 aromatic carbocycles. The van der Waals surface area contributed by atoms with Gasteiger partial charge in [-0.15, -0.1) is 0 Å². The zero-order valence-electron chi connectivity index (χ0n) is 11.9. The van der Waals surface area contributed by atoms with Crippen molar-refractivity contribution in [2.24, 2.45) is 4.99 Å². The van der Waals surface area contributed by atoms with E-state index in [1.54, 1.807) is 0 Å². The van der Waals surface area contributed by atoms with Gasteiger partial charge in [0, 0.05) is 5.75 Å². The lowest BCUT2D eigenvalue weighted by atomic mass is 9.82. The van der Waals surface area contributed by atoms with E-state index in [9.17, 15) is 8.76 Å². The van der Waals surface area contributed by atoms with Gasteiger partial charge in [0.15, 0.2) is 0 Å². The van der Waals surface area contributed by atoms with Crippen molar-refractivity contribution in [3.63, 3.8) is 0 Å². The molecule has 1 unspecified atom stereocenters. The lowest BCUT2D eigenvalue weighted by Crippen LogP contribution is -2.36. The van der Waals surface area contributed by atoms with Gasteiger partial charge in [-0.25, -0.2) is 4.57 Å². The SMILES string of the molecule is CC1=Nc2c(cc(C)c[n+]2CCCS(=O)[O-])C1(C)C. The van der Waals surface area contributed by atoms with Gasteiger partial charge in [-0.2, -0.15) is 0 Å². The maximum Gasteiger partial charge on any atom is 0.327 e. The van der Waals surface area contributed by atoms with Gasteiger partial charge in [-0.1, -0.05) is 11.1 Å². The summed E-state index contributed by atoms with van der Waals surface area (Å²) >= 11 is -1.96. The Bertz CT molecular complexity index is 565. The molecule has 2 heterocycles. The normalized spacial score (nSPS) is 18.1. The van der Waals surface area contributed by atoms with E-state index in [1.807, 2.05) is 13.1 Å². The highest BCUT2D eigenvalue weighted by molar-refractivity contribution is 7.79. The largest absolute Gasteiger partial charge is 0.772 e. The monoisotopic (exact) mass is 280 g/mol. The summed E-state index contributed by atoms with van der Waals surface area (Å²) in [7, 11) is 0. The van der Waals surface area contributed by atoms with Crippen LogP contribution >= 0.6 is 0 Å². The topological polar surface area (TPSA) is 56.4 Å². The van der Waals surface area contributed by atoms with Crippen LogP contribution in [0, 0.1) is 6.92 Å². The molecule has 0 aliphatic carbocycles. The molecule has 1 aromatic rings.